The molecule has 0 fully saturated rings. The van der Waals surface area contributed by atoms with E-state index in [1.54, 1.807) is 60.7 Å². The number of hydrogen-bond donors (Lipinski definition) is 4. The van der Waals surface area contributed by atoms with Gasteiger partial charge in [0.15, 0.2) is 0 Å². The molecule has 0 saturated heterocycles. The Kier molecular flexibility index (Phi) is 10.9. The van der Waals surface area contributed by atoms with Crippen LogP contribution in [0.25, 0.3) is 11.1 Å². The summed E-state index contributed by atoms with van der Waals surface area (Å²) in [5.41, 5.74) is 5.35. The van der Waals surface area contributed by atoms with Crippen molar-refractivity contribution in [3.8, 4) is 11.1 Å². The fourth-order valence-corrected chi connectivity index (χ4v) is 5.45. The molecular formula is C42H36N6O4. The fourth-order valence-electron chi connectivity index (χ4n) is 5.45. The van der Waals surface area contributed by atoms with Gasteiger partial charge in [-0.1, -0.05) is 97.1 Å². The van der Waals surface area contributed by atoms with Crippen LogP contribution in [0.4, 0.5) is 11.4 Å². The molecular weight excluding hydrogens is 652 g/mol. The van der Waals surface area contributed by atoms with E-state index in [0.29, 0.717) is 11.4 Å². The van der Waals surface area contributed by atoms with Crippen LogP contribution in [-0.4, -0.2) is 33.6 Å². The van der Waals surface area contributed by atoms with Crippen LogP contribution < -0.4 is 21.3 Å². The van der Waals surface area contributed by atoms with Crippen molar-refractivity contribution in [1.82, 2.24) is 20.6 Å². The first-order valence-electron chi connectivity index (χ1n) is 16.7. The standard InChI is InChI=1S/C42H36N6O4/c1-27(29-11-5-3-6-12-29)43-39(49)35-15-9-17-37(47-35)41(51)45-33-23-19-31(20-24-33)32-21-25-34(26-22-32)46-42(52)38-18-10-16-36(48-38)40(50)44-28(2)30-13-7-4-8-14-30/h3-28H,1-2H3,(H,43,49)(H,44,50)(H,45,51)(H,46,52). The number of nitrogens with zero attached hydrogens (tertiary/aromatic N) is 2. The average Bonchev–Trinajstić information content (AvgIpc) is 3.19. The third kappa shape index (κ3) is 8.80. The number of rotatable bonds is 11. The molecule has 0 aliphatic carbocycles. The van der Waals surface area contributed by atoms with Gasteiger partial charge in [-0.05, 0) is 84.6 Å². The molecule has 4 N–H and O–H groups in total. The van der Waals surface area contributed by atoms with Crippen molar-refractivity contribution in [2.24, 2.45) is 0 Å². The normalized spacial score (nSPS) is 11.8. The van der Waals surface area contributed by atoms with Gasteiger partial charge >= 0.3 is 0 Å². The van der Waals surface area contributed by atoms with Crippen LogP contribution in [0, 0.1) is 0 Å². The molecule has 0 radical (unpaired) electrons. The third-order valence-electron chi connectivity index (χ3n) is 8.34. The minimum absolute atomic E-state index is 0.115. The maximum absolute atomic E-state index is 13.0. The van der Waals surface area contributed by atoms with E-state index in [4.69, 9.17) is 0 Å². The van der Waals surface area contributed by atoms with Gasteiger partial charge in [-0.3, -0.25) is 19.2 Å². The summed E-state index contributed by atoms with van der Waals surface area (Å²) in [4.78, 5) is 60.2. The molecule has 2 atom stereocenters. The Morgan fingerprint density at radius 2 is 0.731 bits per heavy atom. The molecule has 4 amide bonds. The zero-order chi connectivity index (χ0) is 36.5. The molecule has 258 valence electrons. The van der Waals surface area contributed by atoms with Gasteiger partial charge in [-0.2, -0.15) is 0 Å². The maximum atomic E-state index is 13.0. The molecule has 52 heavy (non-hydrogen) atoms. The Bertz CT molecular complexity index is 2030. The number of pyridine rings is 2. The molecule has 0 aliphatic rings. The molecule has 0 bridgehead atoms. The predicted molar refractivity (Wildman–Crippen MR) is 201 cm³/mol. The highest BCUT2D eigenvalue weighted by Gasteiger charge is 2.17. The number of nitrogens with one attached hydrogen (secondary N) is 4. The van der Waals surface area contributed by atoms with Gasteiger partial charge in [0.1, 0.15) is 22.8 Å². The molecule has 4 aromatic carbocycles. The van der Waals surface area contributed by atoms with E-state index in [0.717, 1.165) is 22.3 Å². The molecule has 0 saturated carbocycles. The van der Waals surface area contributed by atoms with E-state index in [1.807, 2.05) is 98.8 Å². The fraction of sp³-hybridized carbons (Fsp3) is 0.0952. The topological polar surface area (TPSA) is 142 Å². The lowest BCUT2D eigenvalue weighted by atomic mass is 10.0. The molecule has 2 unspecified atom stereocenters. The van der Waals surface area contributed by atoms with Crippen molar-refractivity contribution < 1.29 is 19.2 Å². The zero-order valence-electron chi connectivity index (χ0n) is 28.5. The third-order valence-corrected chi connectivity index (χ3v) is 8.34. The lowest BCUT2D eigenvalue weighted by Gasteiger charge is -2.14. The predicted octanol–water partition coefficient (Wildman–Crippen LogP) is 7.63. The number of anilines is 2. The molecule has 2 heterocycles. The number of hydrogen-bond acceptors (Lipinski definition) is 6. The first-order valence-corrected chi connectivity index (χ1v) is 16.7. The lowest BCUT2D eigenvalue weighted by molar-refractivity contribution is 0.0925. The van der Waals surface area contributed by atoms with Gasteiger partial charge in [0.25, 0.3) is 23.6 Å². The van der Waals surface area contributed by atoms with Crippen molar-refractivity contribution in [1.29, 1.82) is 0 Å². The van der Waals surface area contributed by atoms with Crippen LogP contribution in [0.1, 0.15) is 79.0 Å². The minimum atomic E-state index is -0.444. The van der Waals surface area contributed by atoms with E-state index >= 15 is 0 Å². The van der Waals surface area contributed by atoms with Crippen LogP contribution >= 0.6 is 0 Å². The molecule has 6 aromatic rings. The summed E-state index contributed by atoms with van der Waals surface area (Å²) in [6, 6.07) is 42.8. The number of carbonyl (C=O) groups is 4. The summed E-state index contributed by atoms with van der Waals surface area (Å²) in [7, 11) is 0. The maximum Gasteiger partial charge on any atom is 0.274 e. The van der Waals surface area contributed by atoms with Gasteiger partial charge < -0.3 is 21.3 Å². The summed E-state index contributed by atoms with van der Waals surface area (Å²) < 4.78 is 0. The monoisotopic (exact) mass is 688 g/mol. The molecule has 10 heteroatoms. The van der Waals surface area contributed by atoms with Crippen molar-refractivity contribution >= 4 is 35.0 Å². The zero-order valence-corrected chi connectivity index (χ0v) is 28.5. The van der Waals surface area contributed by atoms with E-state index in [1.165, 1.54) is 0 Å². The van der Waals surface area contributed by atoms with Gasteiger partial charge in [0.05, 0.1) is 12.1 Å². The van der Waals surface area contributed by atoms with E-state index in [2.05, 4.69) is 31.2 Å². The Morgan fingerprint density at radius 1 is 0.404 bits per heavy atom. The van der Waals surface area contributed by atoms with E-state index in [9.17, 15) is 19.2 Å². The van der Waals surface area contributed by atoms with Gasteiger partial charge in [0, 0.05) is 11.4 Å². The molecule has 0 aliphatic heterocycles. The van der Waals surface area contributed by atoms with Gasteiger partial charge in [-0.15, -0.1) is 0 Å². The lowest BCUT2D eigenvalue weighted by Crippen LogP contribution is -2.28. The number of amides is 4. The van der Waals surface area contributed by atoms with Crippen molar-refractivity contribution in [3.63, 3.8) is 0 Å². The first-order chi connectivity index (χ1) is 25.2. The number of aromatic nitrogens is 2. The second-order valence-corrected chi connectivity index (χ2v) is 12.1. The van der Waals surface area contributed by atoms with Crippen molar-refractivity contribution in [3.05, 3.63) is 179 Å². The van der Waals surface area contributed by atoms with Gasteiger partial charge in [-0.25, -0.2) is 9.97 Å². The second kappa shape index (κ2) is 16.2. The largest absolute Gasteiger partial charge is 0.344 e. The van der Waals surface area contributed by atoms with E-state index < -0.39 is 11.8 Å². The highest BCUT2D eigenvalue weighted by atomic mass is 16.2. The Morgan fingerprint density at radius 3 is 1.08 bits per heavy atom. The van der Waals surface area contributed by atoms with Crippen LogP contribution in [0.5, 0.6) is 0 Å². The Labute approximate surface area is 301 Å². The average molecular weight is 689 g/mol. The molecule has 10 nitrogen and oxygen atoms in total. The quantitative estimate of drug-likeness (QED) is 0.110. The number of benzene rings is 4. The van der Waals surface area contributed by atoms with Crippen LogP contribution in [-0.2, 0) is 0 Å². The van der Waals surface area contributed by atoms with Gasteiger partial charge in [0.2, 0.25) is 0 Å². The summed E-state index contributed by atoms with van der Waals surface area (Å²) in [6.07, 6.45) is 0. The molecule has 0 spiro atoms. The minimum Gasteiger partial charge on any atom is -0.344 e. The van der Waals surface area contributed by atoms with Crippen LogP contribution in [0.3, 0.4) is 0 Å². The summed E-state index contributed by atoms with van der Waals surface area (Å²) >= 11 is 0. The SMILES string of the molecule is CC(NC(=O)c1cccc(C(=O)Nc2ccc(-c3ccc(NC(=O)c4cccc(C(=O)NC(C)c5ccccc5)n4)cc3)cc2)n1)c1ccccc1. The summed E-state index contributed by atoms with van der Waals surface area (Å²) in [6.45, 7) is 3.77. The first kappa shape index (κ1) is 34.9. The van der Waals surface area contributed by atoms with Crippen LogP contribution in [0.2, 0.25) is 0 Å². The Balaban J connectivity index is 1.03. The van der Waals surface area contributed by atoms with Crippen LogP contribution in [0.15, 0.2) is 146 Å². The number of carbonyl (C=O) groups excluding carboxylic acids is 4. The summed E-state index contributed by atoms with van der Waals surface area (Å²) in [5.74, 6) is -1.64. The second-order valence-electron chi connectivity index (χ2n) is 12.1. The van der Waals surface area contributed by atoms with Crippen molar-refractivity contribution in [2.45, 2.75) is 25.9 Å². The molecule has 2 aromatic heterocycles. The smallest absolute Gasteiger partial charge is 0.274 e. The van der Waals surface area contributed by atoms with E-state index in [-0.39, 0.29) is 46.7 Å². The highest BCUT2D eigenvalue weighted by molar-refractivity contribution is 6.05. The summed E-state index contributed by atoms with van der Waals surface area (Å²) in [5, 5.41) is 11.5. The van der Waals surface area contributed by atoms with Crippen molar-refractivity contribution in [2.75, 3.05) is 10.6 Å². The molecule has 6 rings (SSSR count). The Hall–Kier alpha value is -6.94. The highest BCUT2D eigenvalue weighted by Crippen LogP contribution is 2.24.